The lowest BCUT2D eigenvalue weighted by atomic mass is 10.1. The van der Waals surface area contributed by atoms with Crippen molar-refractivity contribution in [3.63, 3.8) is 0 Å². The molecule has 5 N–H and O–H groups in total. The number of aliphatic imine (C=N–C) groups is 1. The summed E-state index contributed by atoms with van der Waals surface area (Å²) in [5, 5.41) is 0. The Morgan fingerprint density at radius 2 is 2.00 bits per heavy atom. The molecule has 0 bridgehead atoms. The molecule has 1 unspecified atom stereocenters. The van der Waals surface area contributed by atoms with E-state index in [0.29, 0.717) is 0 Å². The lowest BCUT2D eigenvalue weighted by Gasteiger charge is -2.07. The van der Waals surface area contributed by atoms with Crippen molar-refractivity contribution in [2.75, 3.05) is 0 Å². The number of hydrogen-bond acceptors (Lipinski definition) is 2. The number of benzene rings is 1. The summed E-state index contributed by atoms with van der Waals surface area (Å²) in [5.74, 6) is 4.94. The minimum absolute atomic E-state index is 0.147. The van der Waals surface area contributed by atoms with Crippen LogP contribution in [0.1, 0.15) is 18.5 Å². The minimum atomic E-state index is -0.269. The van der Waals surface area contributed by atoms with Gasteiger partial charge in [0, 0.05) is 0 Å². The van der Waals surface area contributed by atoms with E-state index in [9.17, 15) is 4.39 Å². The minimum Gasteiger partial charge on any atom is -0.369 e. The van der Waals surface area contributed by atoms with Crippen molar-refractivity contribution in [3.8, 4) is 0 Å². The van der Waals surface area contributed by atoms with Crippen molar-refractivity contribution in [1.82, 2.24) is 5.43 Å². The second kappa shape index (κ2) is 4.57. The Morgan fingerprint density at radius 1 is 1.43 bits per heavy atom. The van der Waals surface area contributed by atoms with Crippen LogP contribution in [-0.2, 0) is 0 Å². The van der Waals surface area contributed by atoms with Gasteiger partial charge in [0.2, 0.25) is 5.96 Å². The third-order valence-corrected chi connectivity index (χ3v) is 1.83. The normalized spacial score (nSPS) is 13.8. The molecule has 1 aromatic rings. The molecule has 1 atom stereocenters. The second-order valence-corrected chi connectivity index (χ2v) is 2.89. The van der Waals surface area contributed by atoms with Crippen molar-refractivity contribution in [2.45, 2.75) is 13.0 Å². The zero-order chi connectivity index (χ0) is 10.6. The molecule has 0 fully saturated rings. The van der Waals surface area contributed by atoms with Crippen LogP contribution in [0.2, 0.25) is 0 Å². The van der Waals surface area contributed by atoms with E-state index >= 15 is 0 Å². The fourth-order valence-electron chi connectivity index (χ4n) is 1.06. The van der Waals surface area contributed by atoms with E-state index in [1.165, 1.54) is 12.1 Å². The van der Waals surface area contributed by atoms with Crippen molar-refractivity contribution in [3.05, 3.63) is 35.6 Å². The number of halogens is 1. The summed E-state index contributed by atoms with van der Waals surface area (Å²) in [6.07, 6.45) is 0. The highest BCUT2D eigenvalue weighted by Crippen LogP contribution is 2.16. The molecule has 14 heavy (non-hydrogen) atoms. The first kappa shape index (κ1) is 10.5. The van der Waals surface area contributed by atoms with Gasteiger partial charge < -0.3 is 5.73 Å². The van der Waals surface area contributed by atoms with E-state index in [1.54, 1.807) is 12.1 Å². The van der Waals surface area contributed by atoms with Crippen LogP contribution < -0.4 is 17.0 Å². The van der Waals surface area contributed by atoms with Crippen LogP contribution in [0.4, 0.5) is 4.39 Å². The summed E-state index contributed by atoms with van der Waals surface area (Å²) in [5.41, 5.74) is 8.49. The summed E-state index contributed by atoms with van der Waals surface area (Å²) >= 11 is 0. The van der Waals surface area contributed by atoms with E-state index in [-0.39, 0.29) is 17.8 Å². The smallest absolute Gasteiger partial charge is 0.203 e. The first-order valence-corrected chi connectivity index (χ1v) is 4.19. The van der Waals surface area contributed by atoms with Crippen molar-refractivity contribution in [2.24, 2.45) is 16.6 Å². The summed E-state index contributed by atoms with van der Waals surface area (Å²) in [4.78, 5) is 4.03. The first-order chi connectivity index (χ1) is 6.63. The number of nitrogens with one attached hydrogen (secondary N) is 1. The zero-order valence-electron chi connectivity index (χ0n) is 7.87. The molecule has 0 aliphatic rings. The van der Waals surface area contributed by atoms with Gasteiger partial charge in [-0.2, -0.15) is 0 Å². The Balaban J connectivity index is 2.79. The Morgan fingerprint density at radius 3 is 2.50 bits per heavy atom. The van der Waals surface area contributed by atoms with Crippen LogP contribution in [0.25, 0.3) is 0 Å². The first-order valence-electron chi connectivity index (χ1n) is 4.19. The van der Waals surface area contributed by atoms with Crippen LogP contribution >= 0.6 is 0 Å². The molecule has 0 aromatic heterocycles. The van der Waals surface area contributed by atoms with Crippen LogP contribution in [0.5, 0.6) is 0 Å². The molecule has 0 amide bonds. The maximum absolute atomic E-state index is 12.6. The number of guanidine groups is 1. The van der Waals surface area contributed by atoms with Gasteiger partial charge in [-0.15, -0.1) is 0 Å². The van der Waals surface area contributed by atoms with Gasteiger partial charge in [-0.1, -0.05) is 12.1 Å². The average Bonchev–Trinajstić information content (AvgIpc) is 2.18. The molecule has 4 nitrogen and oxygen atoms in total. The predicted molar refractivity (Wildman–Crippen MR) is 53.8 cm³/mol. The summed E-state index contributed by atoms with van der Waals surface area (Å²) < 4.78 is 12.6. The summed E-state index contributed by atoms with van der Waals surface area (Å²) in [7, 11) is 0. The van der Waals surface area contributed by atoms with Crippen LogP contribution in [0, 0.1) is 5.82 Å². The molecule has 76 valence electrons. The van der Waals surface area contributed by atoms with E-state index < -0.39 is 0 Å². The lowest BCUT2D eigenvalue weighted by molar-refractivity contribution is 0.626. The largest absolute Gasteiger partial charge is 0.369 e. The summed E-state index contributed by atoms with van der Waals surface area (Å²) in [6.45, 7) is 1.84. The van der Waals surface area contributed by atoms with Crippen molar-refractivity contribution >= 4 is 5.96 Å². The van der Waals surface area contributed by atoms with Gasteiger partial charge in [-0.05, 0) is 24.6 Å². The third-order valence-electron chi connectivity index (χ3n) is 1.83. The standard InChI is InChI=1S/C9H13FN4/c1-6(13-9(11)14-12)7-2-4-8(10)5-3-7/h2-6H,12H2,1H3,(H3,11,13,14). The maximum Gasteiger partial charge on any atom is 0.203 e. The van der Waals surface area contributed by atoms with E-state index in [2.05, 4.69) is 10.4 Å². The highest BCUT2D eigenvalue weighted by atomic mass is 19.1. The highest BCUT2D eigenvalue weighted by Gasteiger charge is 2.03. The second-order valence-electron chi connectivity index (χ2n) is 2.89. The molecule has 0 radical (unpaired) electrons. The van der Waals surface area contributed by atoms with E-state index in [4.69, 9.17) is 11.6 Å². The van der Waals surface area contributed by atoms with Gasteiger partial charge in [-0.3, -0.25) is 5.43 Å². The van der Waals surface area contributed by atoms with Gasteiger partial charge >= 0.3 is 0 Å². The number of hydrogen-bond donors (Lipinski definition) is 3. The number of rotatable bonds is 2. The molecule has 0 aliphatic heterocycles. The third kappa shape index (κ3) is 2.70. The number of nitrogens with two attached hydrogens (primary N) is 2. The highest BCUT2D eigenvalue weighted by molar-refractivity contribution is 5.77. The monoisotopic (exact) mass is 196 g/mol. The Kier molecular flexibility index (Phi) is 3.41. The number of hydrazine groups is 1. The molecular weight excluding hydrogens is 183 g/mol. The fraction of sp³-hybridized carbons (Fsp3) is 0.222. The Hall–Kier alpha value is -1.62. The molecular formula is C9H13FN4. The van der Waals surface area contributed by atoms with Gasteiger partial charge in [0.25, 0.3) is 0 Å². The van der Waals surface area contributed by atoms with Crippen LogP contribution in [-0.4, -0.2) is 5.96 Å². The van der Waals surface area contributed by atoms with Crippen molar-refractivity contribution in [1.29, 1.82) is 0 Å². The molecule has 1 aromatic carbocycles. The van der Waals surface area contributed by atoms with Gasteiger partial charge in [0.1, 0.15) is 5.82 Å². The maximum atomic E-state index is 12.6. The van der Waals surface area contributed by atoms with Crippen molar-refractivity contribution < 1.29 is 4.39 Å². The quantitative estimate of drug-likeness (QED) is 0.281. The molecule has 0 aliphatic carbocycles. The lowest BCUT2D eigenvalue weighted by Crippen LogP contribution is -2.37. The van der Waals surface area contributed by atoms with Gasteiger partial charge in [0.05, 0.1) is 6.04 Å². The molecule has 0 heterocycles. The zero-order valence-corrected chi connectivity index (χ0v) is 7.87. The van der Waals surface area contributed by atoms with E-state index in [0.717, 1.165) is 5.56 Å². The SMILES string of the molecule is CC(N=C(N)NN)c1ccc(F)cc1. The molecule has 0 saturated carbocycles. The molecule has 5 heteroatoms. The summed E-state index contributed by atoms with van der Waals surface area (Å²) in [6, 6.07) is 5.94. The van der Waals surface area contributed by atoms with Gasteiger partial charge in [0.15, 0.2) is 0 Å². The average molecular weight is 196 g/mol. The molecule has 0 saturated heterocycles. The predicted octanol–water partition coefficient (Wildman–Crippen LogP) is 0.665. The topological polar surface area (TPSA) is 76.4 Å². The van der Waals surface area contributed by atoms with Gasteiger partial charge in [-0.25, -0.2) is 15.2 Å². The van der Waals surface area contributed by atoms with Crippen LogP contribution in [0.3, 0.4) is 0 Å². The Labute approximate surface area is 81.8 Å². The molecule has 1 rings (SSSR count). The number of nitrogens with zero attached hydrogens (tertiary/aromatic N) is 1. The van der Waals surface area contributed by atoms with Crippen LogP contribution in [0.15, 0.2) is 29.3 Å². The molecule has 0 spiro atoms. The van der Waals surface area contributed by atoms with E-state index in [1.807, 2.05) is 6.92 Å². The fourth-order valence-corrected chi connectivity index (χ4v) is 1.06. The Bertz CT molecular complexity index is 320.